The zero-order chi connectivity index (χ0) is 30.9. The van der Waals surface area contributed by atoms with Gasteiger partial charge in [0, 0.05) is 37.7 Å². The number of halogens is 4. The second-order valence-electron chi connectivity index (χ2n) is 10.5. The van der Waals surface area contributed by atoms with E-state index in [1.165, 1.54) is 18.3 Å². The highest BCUT2D eigenvalue weighted by Gasteiger charge is 2.48. The van der Waals surface area contributed by atoms with Gasteiger partial charge >= 0.3 is 0 Å². The summed E-state index contributed by atoms with van der Waals surface area (Å²) in [6, 6.07) is 9.68. The van der Waals surface area contributed by atoms with Gasteiger partial charge in [-0.1, -0.05) is 24.3 Å². The Labute approximate surface area is 244 Å². The lowest BCUT2D eigenvalue weighted by Crippen LogP contribution is -2.63. The van der Waals surface area contributed by atoms with Crippen LogP contribution in [0.3, 0.4) is 0 Å². The van der Waals surface area contributed by atoms with Crippen LogP contribution in [0.5, 0.6) is 0 Å². The maximum absolute atomic E-state index is 14.6. The third-order valence-corrected chi connectivity index (χ3v) is 7.39. The van der Waals surface area contributed by atoms with Crippen LogP contribution in [0.4, 0.5) is 29.1 Å². The summed E-state index contributed by atoms with van der Waals surface area (Å²) >= 11 is 0. The predicted octanol–water partition coefficient (Wildman–Crippen LogP) is 3.53. The molecule has 5 rings (SSSR count). The van der Waals surface area contributed by atoms with Crippen molar-refractivity contribution in [2.24, 2.45) is 0 Å². The molecule has 2 atom stereocenters. The van der Waals surface area contributed by atoms with Gasteiger partial charge in [0.15, 0.2) is 0 Å². The Kier molecular flexibility index (Phi) is 8.14. The molecule has 222 valence electrons. The fourth-order valence-electron chi connectivity index (χ4n) is 5.35. The zero-order valence-electron chi connectivity index (χ0n) is 22.9. The first-order chi connectivity index (χ1) is 20.5. The van der Waals surface area contributed by atoms with Crippen molar-refractivity contribution in [2.45, 2.75) is 43.8 Å². The van der Waals surface area contributed by atoms with E-state index in [-0.39, 0.29) is 35.7 Å². The van der Waals surface area contributed by atoms with Crippen molar-refractivity contribution < 1.29 is 31.9 Å². The van der Waals surface area contributed by atoms with Crippen LogP contribution in [0.15, 0.2) is 60.8 Å². The maximum atomic E-state index is 14.6. The van der Waals surface area contributed by atoms with Gasteiger partial charge in [0.05, 0.1) is 23.9 Å². The fourth-order valence-corrected chi connectivity index (χ4v) is 5.35. The van der Waals surface area contributed by atoms with Crippen molar-refractivity contribution in [2.75, 3.05) is 22.9 Å². The molecule has 3 aromatic rings. The lowest BCUT2D eigenvalue weighted by molar-refractivity contribution is -0.133. The summed E-state index contributed by atoms with van der Waals surface area (Å²) in [4.78, 5) is 47.7. The first-order valence-corrected chi connectivity index (χ1v) is 13.4. The summed E-state index contributed by atoms with van der Waals surface area (Å²) in [6.07, 6.45) is 0.0947. The van der Waals surface area contributed by atoms with Gasteiger partial charge in [0.25, 0.3) is 11.8 Å². The van der Waals surface area contributed by atoms with Gasteiger partial charge in [-0.05, 0) is 42.3 Å². The van der Waals surface area contributed by atoms with Gasteiger partial charge in [-0.15, -0.1) is 0 Å². The number of nitrogens with one attached hydrogen (secondary N) is 2. The van der Waals surface area contributed by atoms with Crippen molar-refractivity contribution in [3.63, 3.8) is 0 Å². The number of rotatable bonds is 7. The average molecular weight is 595 g/mol. The maximum Gasteiger partial charge on any atom is 0.252 e. The van der Waals surface area contributed by atoms with E-state index in [9.17, 15) is 37.2 Å². The molecule has 2 fully saturated rings. The number of carbonyl (C=O) groups is 3. The van der Waals surface area contributed by atoms with Crippen LogP contribution < -0.4 is 20.4 Å². The van der Waals surface area contributed by atoms with Crippen molar-refractivity contribution >= 4 is 29.2 Å². The molecule has 2 unspecified atom stereocenters. The molecule has 1 saturated carbocycles. The molecular weight excluding hydrogens is 568 g/mol. The fraction of sp³-hybridized carbons (Fsp3) is 0.300. The van der Waals surface area contributed by atoms with Gasteiger partial charge in [-0.25, -0.2) is 22.5 Å². The minimum Gasteiger partial charge on any atom is -0.351 e. The molecule has 1 aliphatic heterocycles. The number of aryl methyl sites for hydroxylation is 1. The third-order valence-electron chi connectivity index (χ3n) is 7.39. The highest BCUT2D eigenvalue weighted by molar-refractivity contribution is 6.10. The minimum absolute atomic E-state index is 0.0112. The van der Waals surface area contributed by atoms with Gasteiger partial charge in [0.2, 0.25) is 11.8 Å². The van der Waals surface area contributed by atoms with E-state index in [4.69, 9.17) is 0 Å². The summed E-state index contributed by atoms with van der Waals surface area (Å²) in [5, 5.41) is 14.8. The zero-order valence-corrected chi connectivity index (χ0v) is 22.9. The summed E-state index contributed by atoms with van der Waals surface area (Å²) in [6.45, 7) is 1.36. The summed E-state index contributed by atoms with van der Waals surface area (Å²) in [7, 11) is 0. The van der Waals surface area contributed by atoms with E-state index < -0.39 is 66.2 Å². The number of amides is 3. The van der Waals surface area contributed by atoms with Crippen LogP contribution in [0.1, 0.15) is 35.6 Å². The van der Waals surface area contributed by atoms with Crippen LogP contribution in [0.2, 0.25) is 0 Å². The first-order valence-electron chi connectivity index (χ1n) is 13.4. The minimum atomic E-state index is -2.95. The van der Waals surface area contributed by atoms with Gasteiger partial charge < -0.3 is 10.6 Å². The molecule has 0 spiro atoms. The molecular formula is C30H26F4N6O3. The third kappa shape index (κ3) is 6.19. The Morgan fingerprint density at radius 3 is 2.49 bits per heavy atom. The summed E-state index contributed by atoms with van der Waals surface area (Å²) in [5.74, 6) is -7.36. The standard InChI is InChI=1S/C30H26F4N6O3/c1-17-4-2-3-5-23(17)27(28(42)38-21-12-30(33,34)13-21)39(22-10-19(31)9-20(32)11-22)29(43)24-15-36-16-26(41)40(24)25-8-18(14-35)6-7-37-25/h2-11,21,24,27,36H,12-13,15-16H2,1H3,(H,38,42). The molecule has 1 aliphatic carbocycles. The van der Waals surface area contributed by atoms with Gasteiger partial charge in [-0.2, -0.15) is 5.26 Å². The second-order valence-corrected chi connectivity index (χ2v) is 10.5. The van der Waals surface area contributed by atoms with Gasteiger partial charge in [-0.3, -0.25) is 24.2 Å². The number of pyridine rings is 1. The number of hydrogen-bond donors (Lipinski definition) is 2. The number of alkyl halides is 2. The molecule has 0 radical (unpaired) electrons. The lowest BCUT2D eigenvalue weighted by atomic mass is 9.87. The largest absolute Gasteiger partial charge is 0.351 e. The van der Waals surface area contributed by atoms with Crippen LogP contribution in [0.25, 0.3) is 0 Å². The molecule has 3 amide bonds. The monoisotopic (exact) mass is 594 g/mol. The van der Waals surface area contributed by atoms with E-state index in [2.05, 4.69) is 15.6 Å². The van der Waals surface area contributed by atoms with Crippen molar-refractivity contribution in [1.82, 2.24) is 15.6 Å². The van der Waals surface area contributed by atoms with Crippen molar-refractivity contribution in [1.29, 1.82) is 5.26 Å². The van der Waals surface area contributed by atoms with E-state index in [0.717, 1.165) is 21.9 Å². The Bertz CT molecular complexity index is 1600. The predicted molar refractivity (Wildman–Crippen MR) is 147 cm³/mol. The number of carbonyl (C=O) groups excluding carboxylic acids is 3. The van der Waals surface area contributed by atoms with Crippen LogP contribution >= 0.6 is 0 Å². The number of anilines is 2. The van der Waals surface area contributed by atoms with E-state index >= 15 is 0 Å². The Morgan fingerprint density at radius 1 is 1.14 bits per heavy atom. The summed E-state index contributed by atoms with van der Waals surface area (Å²) < 4.78 is 56.5. The smallest absolute Gasteiger partial charge is 0.252 e. The van der Waals surface area contributed by atoms with E-state index in [0.29, 0.717) is 11.6 Å². The number of piperazine rings is 1. The van der Waals surface area contributed by atoms with E-state index in [1.807, 2.05) is 6.07 Å². The molecule has 9 nitrogen and oxygen atoms in total. The van der Waals surface area contributed by atoms with Crippen LogP contribution in [-0.4, -0.2) is 53.8 Å². The van der Waals surface area contributed by atoms with Gasteiger partial charge in [0.1, 0.15) is 29.5 Å². The number of aromatic nitrogens is 1. The molecule has 2 aromatic carbocycles. The Hall–Kier alpha value is -4.83. The molecule has 2 N–H and O–H groups in total. The van der Waals surface area contributed by atoms with Crippen molar-refractivity contribution in [3.05, 3.63) is 89.1 Å². The molecule has 0 bridgehead atoms. The number of nitriles is 1. The second kappa shape index (κ2) is 11.8. The quantitative estimate of drug-likeness (QED) is 0.404. The number of benzene rings is 2. The highest BCUT2D eigenvalue weighted by atomic mass is 19.3. The van der Waals surface area contributed by atoms with E-state index in [1.54, 1.807) is 31.2 Å². The Balaban J connectivity index is 1.65. The first kappa shape index (κ1) is 29.7. The molecule has 1 aromatic heterocycles. The molecule has 2 heterocycles. The molecule has 13 heteroatoms. The van der Waals surface area contributed by atoms with Crippen LogP contribution in [0, 0.1) is 29.9 Å². The SMILES string of the molecule is Cc1ccccc1C(C(=O)NC1CC(F)(F)C1)N(C(=O)C1CNCC(=O)N1c1cc(C#N)ccn1)c1cc(F)cc(F)c1. The summed E-state index contributed by atoms with van der Waals surface area (Å²) in [5.41, 5.74) is 0.646. The topological polar surface area (TPSA) is 118 Å². The lowest BCUT2D eigenvalue weighted by Gasteiger charge is -2.41. The molecule has 1 saturated heterocycles. The average Bonchev–Trinajstić information content (AvgIpc) is 2.94. The molecule has 43 heavy (non-hydrogen) atoms. The number of hydrogen-bond acceptors (Lipinski definition) is 6. The van der Waals surface area contributed by atoms with Crippen molar-refractivity contribution in [3.8, 4) is 6.07 Å². The Morgan fingerprint density at radius 2 is 1.84 bits per heavy atom. The normalized spacial score (nSPS) is 18.7. The molecule has 2 aliphatic rings. The highest BCUT2D eigenvalue weighted by Crippen LogP contribution is 2.39. The van der Waals surface area contributed by atoms with Crippen LogP contribution in [-0.2, 0) is 14.4 Å². The number of nitrogens with zero attached hydrogens (tertiary/aromatic N) is 4.